The van der Waals surface area contributed by atoms with Gasteiger partial charge in [-0.3, -0.25) is 4.90 Å². The highest BCUT2D eigenvalue weighted by molar-refractivity contribution is 5.89. The maximum atomic E-state index is 12.9. The van der Waals surface area contributed by atoms with Crippen LogP contribution in [0.4, 0.5) is 0 Å². The first kappa shape index (κ1) is 25.4. The first-order valence-electron chi connectivity index (χ1n) is 13.3. The largest absolute Gasteiger partial charge is 0.471 e. The maximum Gasteiger partial charge on any atom is 0.337 e. The lowest BCUT2D eigenvalue weighted by Crippen LogP contribution is -2.61. The van der Waals surface area contributed by atoms with E-state index in [2.05, 4.69) is 16.0 Å². The van der Waals surface area contributed by atoms with E-state index in [1.807, 2.05) is 18.2 Å². The summed E-state index contributed by atoms with van der Waals surface area (Å²) in [5, 5.41) is 41.7. The number of carbonyl (C=O) groups is 1. The number of rotatable bonds is 4. The SMILES string of the molecule is COC(=O)C1=CO[C@@H](O[C@@H]2O[C@H](CO)[C@@H](O)[C@H](O)[C@H]2O)[C@H]2C1C[C@@]13O[C@H]2CN1CCc1c3[nH]c2ccccc12. The van der Waals surface area contributed by atoms with Crippen LogP contribution < -0.4 is 0 Å². The van der Waals surface area contributed by atoms with Crippen LogP contribution in [0.2, 0.25) is 0 Å². The summed E-state index contributed by atoms with van der Waals surface area (Å²) in [6, 6.07) is 8.17. The molecule has 0 saturated carbocycles. The van der Waals surface area contributed by atoms with Gasteiger partial charge in [-0.25, -0.2) is 4.79 Å². The summed E-state index contributed by atoms with van der Waals surface area (Å²) in [6.07, 6.45) is -5.98. The molecule has 1 unspecified atom stereocenters. The number of nitrogens with one attached hydrogen (secondary N) is 1. The van der Waals surface area contributed by atoms with Crippen molar-refractivity contribution < 1.29 is 48.9 Å². The number of aromatic amines is 1. The molecule has 0 amide bonds. The van der Waals surface area contributed by atoms with Gasteiger partial charge in [-0.15, -0.1) is 0 Å². The Morgan fingerprint density at radius 2 is 2.00 bits per heavy atom. The van der Waals surface area contributed by atoms with E-state index in [1.165, 1.54) is 18.9 Å². The van der Waals surface area contributed by atoms with Gasteiger partial charge in [0.25, 0.3) is 0 Å². The summed E-state index contributed by atoms with van der Waals surface area (Å²) < 4.78 is 29.5. The van der Waals surface area contributed by atoms with Crippen molar-refractivity contribution in [3.05, 3.63) is 47.4 Å². The number of nitrogens with zero attached hydrogens (tertiary/aromatic N) is 1. The van der Waals surface area contributed by atoms with Gasteiger partial charge in [0, 0.05) is 36.3 Å². The van der Waals surface area contributed by atoms with Crippen molar-refractivity contribution >= 4 is 16.9 Å². The standard InChI is InChI=1S/C27H32N2O10/c1-35-24(34)15-11-36-25(38-26-22(33)21(32)20(31)18(10-30)37-26)19-14(15)8-27-23-13(6-7-29(27)9-17(19)39-27)12-4-2-3-5-16(12)28-23/h2-5,11,14,17-22,25-26,28,30-33H,6-10H2,1H3/t14?,17-,18+,19-,20+,21-,22+,25-,26-,27-/m0/s1. The maximum absolute atomic E-state index is 12.9. The minimum absolute atomic E-state index is 0.369. The number of esters is 1. The number of ether oxygens (including phenoxy) is 5. The van der Waals surface area contributed by atoms with Crippen LogP contribution in [0.3, 0.4) is 0 Å². The number of para-hydroxylation sites is 1. The van der Waals surface area contributed by atoms with Gasteiger partial charge in [0.2, 0.25) is 6.29 Å². The molecule has 6 heterocycles. The van der Waals surface area contributed by atoms with E-state index in [-0.39, 0.29) is 5.92 Å². The molecule has 5 aliphatic rings. The van der Waals surface area contributed by atoms with E-state index in [0.717, 1.165) is 29.6 Å². The molecule has 210 valence electrons. The van der Waals surface area contributed by atoms with Gasteiger partial charge < -0.3 is 49.1 Å². The zero-order chi connectivity index (χ0) is 27.1. The molecule has 1 aromatic heterocycles. The molecule has 0 radical (unpaired) electrons. The average Bonchev–Trinajstić information content (AvgIpc) is 3.48. The fourth-order valence-electron chi connectivity index (χ4n) is 7.18. The minimum atomic E-state index is -1.59. The number of fused-ring (bicyclic) bond motifs is 6. The molecule has 1 aromatic carbocycles. The quantitative estimate of drug-likeness (QED) is 0.314. The van der Waals surface area contributed by atoms with Crippen LogP contribution in [0.15, 0.2) is 36.1 Å². The van der Waals surface area contributed by atoms with E-state index in [0.29, 0.717) is 18.5 Å². The van der Waals surface area contributed by atoms with Crippen molar-refractivity contribution in [1.29, 1.82) is 0 Å². The number of hydrogen-bond acceptors (Lipinski definition) is 11. The third-order valence-electron chi connectivity index (χ3n) is 9.06. The average molecular weight is 545 g/mol. The van der Waals surface area contributed by atoms with Gasteiger partial charge in [-0.1, -0.05) is 18.2 Å². The van der Waals surface area contributed by atoms with Crippen LogP contribution in [0, 0.1) is 11.8 Å². The van der Waals surface area contributed by atoms with Crippen molar-refractivity contribution in [2.45, 2.75) is 61.7 Å². The first-order valence-corrected chi connectivity index (χ1v) is 13.3. The lowest BCUT2D eigenvalue weighted by atomic mass is 9.73. The third kappa shape index (κ3) is 3.64. The van der Waals surface area contributed by atoms with Crippen molar-refractivity contribution in [2.75, 3.05) is 26.8 Å². The van der Waals surface area contributed by atoms with Crippen LogP contribution >= 0.6 is 0 Å². The van der Waals surface area contributed by atoms with Crippen molar-refractivity contribution in [1.82, 2.24) is 9.88 Å². The molecule has 0 aliphatic carbocycles. The fraction of sp³-hybridized carbons (Fsp3) is 0.593. The Labute approximate surface area is 223 Å². The second kappa shape index (κ2) is 9.25. The van der Waals surface area contributed by atoms with Crippen molar-refractivity contribution in [3.8, 4) is 0 Å². The Kier molecular flexibility index (Phi) is 6.03. The number of hydrogen-bond donors (Lipinski definition) is 5. The third-order valence-corrected chi connectivity index (χ3v) is 9.06. The summed E-state index contributed by atoms with van der Waals surface area (Å²) in [7, 11) is 1.32. The molecule has 5 aliphatic heterocycles. The molecule has 7 rings (SSSR count). The molecule has 5 N–H and O–H groups in total. The molecule has 3 fully saturated rings. The van der Waals surface area contributed by atoms with E-state index in [4.69, 9.17) is 23.7 Å². The Morgan fingerprint density at radius 3 is 2.79 bits per heavy atom. The normalized spacial score (nSPS) is 41.3. The fourth-order valence-corrected chi connectivity index (χ4v) is 7.18. The molecule has 12 heteroatoms. The summed E-state index contributed by atoms with van der Waals surface area (Å²) in [5.74, 6) is -1.35. The van der Waals surface area contributed by atoms with Gasteiger partial charge in [0.05, 0.1) is 43.3 Å². The van der Waals surface area contributed by atoms with Crippen LogP contribution in [0.5, 0.6) is 0 Å². The number of benzene rings is 1. The first-order chi connectivity index (χ1) is 18.9. The van der Waals surface area contributed by atoms with Crippen LogP contribution in [-0.4, -0.2) is 106 Å². The number of aliphatic hydroxyl groups is 4. The second-order valence-corrected chi connectivity index (χ2v) is 11.0. The predicted molar refractivity (Wildman–Crippen MR) is 132 cm³/mol. The number of methoxy groups -OCH3 is 1. The Hall–Kier alpha value is -2.55. The molecule has 12 nitrogen and oxygen atoms in total. The lowest BCUT2D eigenvalue weighted by Gasteiger charge is -2.50. The Bertz CT molecular complexity index is 1310. The Morgan fingerprint density at radius 1 is 1.18 bits per heavy atom. The highest BCUT2D eigenvalue weighted by Crippen LogP contribution is 2.57. The van der Waals surface area contributed by atoms with Gasteiger partial charge in [-0.2, -0.15) is 0 Å². The van der Waals surface area contributed by atoms with Gasteiger partial charge >= 0.3 is 5.97 Å². The highest BCUT2D eigenvalue weighted by Gasteiger charge is 2.64. The summed E-state index contributed by atoms with van der Waals surface area (Å²) in [6.45, 7) is 0.772. The highest BCUT2D eigenvalue weighted by atomic mass is 16.8. The summed E-state index contributed by atoms with van der Waals surface area (Å²) >= 11 is 0. The molecule has 1 spiro atoms. The van der Waals surface area contributed by atoms with Crippen molar-refractivity contribution in [2.24, 2.45) is 11.8 Å². The van der Waals surface area contributed by atoms with Gasteiger partial charge in [0.1, 0.15) is 24.4 Å². The summed E-state index contributed by atoms with van der Waals surface area (Å²) in [4.78, 5) is 18.8. The number of aliphatic hydroxyl groups excluding tert-OH is 4. The van der Waals surface area contributed by atoms with Crippen LogP contribution in [0.1, 0.15) is 17.7 Å². The molecule has 39 heavy (non-hydrogen) atoms. The molecule has 2 aromatic rings. The smallest absolute Gasteiger partial charge is 0.337 e. The minimum Gasteiger partial charge on any atom is -0.471 e. The van der Waals surface area contributed by atoms with E-state index in [1.54, 1.807) is 0 Å². The van der Waals surface area contributed by atoms with Crippen LogP contribution in [-0.2, 0) is 40.6 Å². The van der Waals surface area contributed by atoms with Crippen molar-refractivity contribution in [3.63, 3.8) is 0 Å². The number of H-pyrrole nitrogens is 1. The van der Waals surface area contributed by atoms with E-state index >= 15 is 0 Å². The second-order valence-electron chi connectivity index (χ2n) is 11.0. The topological polar surface area (TPSA) is 163 Å². The zero-order valence-corrected chi connectivity index (χ0v) is 21.3. The van der Waals surface area contributed by atoms with E-state index in [9.17, 15) is 25.2 Å². The predicted octanol–water partition coefficient (Wildman–Crippen LogP) is -0.557. The molecule has 10 atom stereocenters. The zero-order valence-electron chi connectivity index (χ0n) is 21.3. The molecule has 2 bridgehead atoms. The molecular weight excluding hydrogens is 512 g/mol. The van der Waals surface area contributed by atoms with Gasteiger partial charge in [0.15, 0.2) is 12.0 Å². The van der Waals surface area contributed by atoms with Crippen LogP contribution in [0.25, 0.3) is 10.9 Å². The molecular formula is C27H32N2O10. The van der Waals surface area contributed by atoms with E-state index < -0.39 is 67.3 Å². The monoisotopic (exact) mass is 544 g/mol. The molecule has 3 saturated heterocycles. The number of carbonyl (C=O) groups excluding carboxylic acids is 1. The number of aromatic nitrogens is 1. The lowest BCUT2D eigenvalue weighted by molar-refractivity contribution is -0.350. The Balaban J connectivity index is 1.25. The summed E-state index contributed by atoms with van der Waals surface area (Å²) in [5.41, 5.74) is 2.85. The van der Waals surface area contributed by atoms with Gasteiger partial charge in [-0.05, 0) is 18.1 Å².